The molecular formula is C2H5N9O3. The normalized spacial score (nSPS) is 9.86. The highest BCUT2D eigenvalue weighted by molar-refractivity contribution is 5.80. The number of hydrogen-bond acceptors (Lipinski definition) is 4. The summed E-state index contributed by atoms with van der Waals surface area (Å²) < 4.78 is 0. The molecule has 0 bridgehead atoms. The van der Waals surface area contributed by atoms with E-state index in [9.17, 15) is 14.9 Å². The monoisotopic (exact) mass is 203 g/mol. The Morgan fingerprint density at radius 1 is 1.64 bits per heavy atom. The van der Waals surface area contributed by atoms with Crippen molar-refractivity contribution in [2.24, 2.45) is 21.8 Å². The average Bonchev–Trinajstić information content (AvgIpc) is 2.01. The van der Waals surface area contributed by atoms with Crippen molar-refractivity contribution in [3.8, 4) is 0 Å². The largest absolute Gasteiger partial charge is 0.387 e. The minimum absolute atomic E-state index is 0.213. The van der Waals surface area contributed by atoms with Crippen molar-refractivity contribution < 1.29 is 9.83 Å². The Morgan fingerprint density at radius 2 is 2.21 bits per heavy atom. The standard InChI is InChI=1S/C2H5N9O3/c3-1(6-11(13)14)10(9-8-5)7-2(4)12/h(H2,3,6)(H3,4,7,12). The summed E-state index contributed by atoms with van der Waals surface area (Å²) in [7, 11) is 0. The average molecular weight is 203 g/mol. The first-order valence-corrected chi connectivity index (χ1v) is 2.87. The van der Waals surface area contributed by atoms with E-state index < -0.39 is 17.0 Å². The summed E-state index contributed by atoms with van der Waals surface area (Å²) in [5, 5.41) is 14.2. The number of nitrogens with one attached hydrogen (secondary N) is 1. The summed E-state index contributed by atoms with van der Waals surface area (Å²) >= 11 is 0. The molecule has 12 heteroatoms. The SMILES string of the molecule is [N-]=[N+]=NN(NC(N)=O)C(N)=N[N+](=O)[O-]. The van der Waals surface area contributed by atoms with Crippen molar-refractivity contribution in [2.75, 3.05) is 0 Å². The van der Waals surface area contributed by atoms with Crippen molar-refractivity contribution in [1.29, 1.82) is 0 Å². The van der Waals surface area contributed by atoms with Crippen LogP contribution in [0.25, 0.3) is 10.4 Å². The molecule has 76 valence electrons. The zero-order chi connectivity index (χ0) is 11.1. The van der Waals surface area contributed by atoms with Gasteiger partial charge in [0.2, 0.25) is 0 Å². The second-order valence-corrected chi connectivity index (χ2v) is 1.66. The van der Waals surface area contributed by atoms with Crippen LogP contribution in [0.5, 0.6) is 0 Å². The van der Waals surface area contributed by atoms with Gasteiger partial charge in [-0.05, 0) is 0 Å². The van der Waals surface area contributed by atoms with Gasteiger partial charge in [-0.15, -0.1) is 5.53 Å². The van der Waals surface area contributed by atoms with Crippen LogP contribution in [0.4, 0.5) is 4.79 Å². The Morgan fingerprint density at radius 3 is 2.57 bits per heavy atom. The van der Waals surface area contributed by atoms with E-state index in [1.54, 1.807) is 5.43 Å². The number of hydrazone groups is 1. The van der Waals surface area contributed by atoms with Gasteiger partial charge in [-0.2, -0.15) is 10.3 Å². The molecule has 0 saturated carbocycles. The number of carbonyl (C=O) groups is 1. The summed E-state index contributed by atoms with van der Waals surface area (Å²) in [4.78, 5) is 22.3. The molecule has 0 radical (unpaired) electrons. The molecule has 0 aliphatic carbocycles. The number of nitrogens with two attached hydrogens (primary N) is 2. The van der Waals surface area contributed by atoms with Gasteiger partial charge in [0.25, 0.3) is 0 Å². The molecule has 0 aromatic carbocycles. The second kappa shape index (κ2) is 5.00. The number of nitrogens with zero attached hydrogens (tertiary/aromatic N) is 6. The van der Waals surface area contributed by atoms with E-state index in [0.717, 1.165) is 0 Å². The number of amides is 2. The highest BCUT2D eigenvalue weighted by atomic mass is 16.7. The molecule has 0 fully saturated rings. The van der Waals surface area contributed by atoms with Crippen molar-refractivity contribution in [3.63, 3.8) is 0 Å². The molecule has 0 spiro atoms. The smallest absolute Gasteiger partial charge is 0.349 e. The van der Waals surface area contributed by atoms with Crippen LogP contribution >= 0.6 is 0 Å². The number of guanidine groups is 1. The summed E-state index contributed by atoms with van der Waals surface area (Å²) in [6.07, 6.45) is 0. The van der Waals surface area contributed by atoms with Crippen LogP contribution in [0, 0.1) is 10.1 Å². The minimum atomic E-state index is -1.14. The zero-order valence-corrected chi connectivity index (χ0v) is 6.56. The van der Waals surface area contributed by atoms with Gasteiger partial charge in [0.05, 0.1) is 0 Å². The lowest BCUT2D eigenvalue weighted by Crippen LogP contribution is -2.48. The van der Waals surface area contributed by atoms with Crippen LogP contribution in [0.1, 0.15) is 0 Å². The number of primary amides is 1. The van der Waals surface area contributed by atoms with Gasteiger partial charge < -0.3 is 11.5 Å². The van der Waals surface area contributed by atoms with Crippen LogP contribution < -0.4 is 16.9 Å². The summed E-state index contributed by atoms with van der Waals surface area (Å²) in [6.45, 7) is 0. The Balaban J connectivity index is 4.72. The molecule has 0 aliphatic rings. The Kier molecular flexibility index (Phi) is 4.01. The Hall–Kier alpha value is -2.75. The van der Waals surface area contributed by atoms with Crippen LogP contribution in [-0.2, 0) is 0 Å². The van der Waals surface area contributed by atoms with E-state index in [4.69, 9.17) is 11.3 Å². The highest BCUT2D eigenvalue weighted by Crippen LogP contribution is 1.85. The lowest BCUT2D eigenvalue weighted by molar-refractivity contribution is -0.485. The molecular weight excluding hydrogens is 198 g/mol. The van der Waals surface area contributed by atoms with Crippen molar-refractivity contribution in [2.45, 2.75) is 0 Å². The van der Waals surface area contributed by atoms with Crippen LogP contribution in [-0.4, -0.2) is 22.1 Å². The zero-order valence-electron chi connectivity index (χ0n) is 6.56. The third kappa shape index (κ3) is 4.20. The second-order valence-electron chi connectivity index (χ2n) is 1.66. The fourth-order valence-corrected chi connectivity index (χ4v) is 0.396. The fourth-order valence-electron chi connectivity index (χ4n) is 0.396. The lowest BCUT2D eigenvalue weighted by atomic mass is 11.0. The quantitative estimate of drug-likeness (QED) is 0.0943. The Labute approximate surface area is 75.8 Å². The number of urea groups is 1. The number of rotatable bonds is 2. The third-order valence-corrected chi connectivity index (χ3v) is 0.747. The lowest BCUT2D eigenvalue weighted by Gasteiger charge is -2.07. The van der Waals surface area contributed by atoms with E-state index in [0.29, 0.717) is 0 Å². The molecule has 0 aliphatic heterocycles. The van der Waals surface area contributed by atoms with E-state index in [2.05, 4.69) is 21.0 Å². The van der Waals surface area contributed by atoms with Crippen LogP contribution in [0.2, 0.25) is 0 Å². The molecule has 0 rings (SSSR count). The maximum Gasteiger partial charge on any atom is 0.387 e. The fraction of sp³-hybridized carbons (Fsp3) is 0. The minimum Gasteiger partial charge on any atom is -0.349 e. The van der Waals surface area contributed by atoms with E-state index >= 15 is 0 Å². The molecule has 0 aromatic heterocycles. The molecule has 0 saturated heterocycles. The van der Waals surface area contributed by atoms with Crippen molar-refractivity contribution in [3.05, 3.63) is 20.6 Å². The Bertz CT molecular complexity index is 314. The predicted molar refractivity (Wildman–Crippen MR) is 42.3 cm³/mol. The van der Waals surface area contributed by atoms with Gasteiger partial charge in [-0.3, -0.25) is 0 Å². The summed E-state index contributed by atoms with van der Waals surface area (Å²) in [6, 6.07) is -1.13. The molecule has 14 heavy (non-hydrogen) atoms. The number of azide groups is 1. The van der Waals surface area contributed by atoms with Crippen LogP contribution in [0.15, 0.2) is 10.3 Å². The van der Waals surface area contributed by atoms with Gasteiger partial charge in [-0.25, -0.2) is 14.9 Å². The van der Waals surface area contributed by atoms with E-state index in [1.165, 1.54) is 0 Å². The maximum atomic E-state index is 10.3. The number of nitro groups is 1. The highest BCUT2D eigenvalue weighted by Gasteiger charge is 2.16. The van der Waals surface area contributed by atoms with Crippen molar-refractivity contribution >= 4 is 12.0 Å². The van der Waals surface area contributed by atoms with E-state index in [-0.39, 0.29) is 5.12 Å². The number of carbonyl (C=O) groups excluding carboxylic acids is 1. The molecule has 5 N–H and O–H groups in total. The molecule has 0 unspecified atom stereocenters. The maximum absolute atomic E-state index is 10.3. The van der Waals surface area contributed by atoms with Crippen molar-refractivity contribution in [1.82, 2.24) is 10.5 Å². The topological polar surface area (TPSA) is 189 Å². The predicted octanol–water partition coefficient (Wildman–Crippen LogP) is -1.40. The van der Waals surface area contributed by atoms with E-state index in [1.807, 2.05) is 0 Å². The first kappa shape index (κ1) is 11.2. The molecule has 2 amide bonds. The third-order valence-electron chi connectivity index (χ3n) is 0.747. The van der Waals surface area contributed by atoms with Gasteiger partial charge in [-0.1, -0.05) is 5.12 Å². The number of hydrazine groups is 1. The molecule has 0 atom stereocenters. The van der Waals surface area contributed by atoms with Gasteiger partial charge in [0.15, 0.2) is 5.03 Å². The van der Waals surface area contributed by atoms with Gasteiger partial charge in [0.1, 0.15) is 5.10 Å². The van der Waals surface area contributed by atoms with Gasteiger partial charge >= 0.3 is 12.0 Å². The molecule has 12 nitrogen and oxygen atoms in total. The summed E-state index contributed by atoms with van der Waals surface area (Å²) in [5.74, 6) is -0.841. The first-order valence-electron chi connectivity index (χ1n) is 2.87. The van der Waals surface area contributed by atoms with Gasteiger partial charge in [0, 0.05) is 5.22 Å². The molecule has 0 aromatic rings. The number of hydrogen-bond donors (Lipinski definition) is 3. The molecule has 0 heterocycles. The first-order chi connectivity index (χ1) is 6.47. The summed E-state index contributed by atoms with van der Waals surface area (Å²) in [5.41, 5.74) is 19.2. The van der Waals surface area contributed by atoms with Crippen LogP contribution in [0.3, 0.4) is 0 Å².